The van der Waals surface area contributed by atoms with E-state index in [9.17, 15) is 4.79 Å². The number of fused-ring (bicyclic) bond motifs is 1. The fourth-order valence-corrected chi connectivity index (χ4v) is 4.40. The van der Waals surface area contributed by atoms with E-state index < -0.39 is 0 Å². The molecule has 33 heavy (non-hydrogen) atoms. The molecule has 0 spiro atoms. The molecule has 1 aliphatic rings. The van der Waals surface area contributed by atoms with E-state index >= 15 is 0 Å². The van der Waals surface area contributed by atoms with E-state index in [0.29, 0.717) is 5.56 Å². The van der Waals surface area contributed by atoms with Crippen LogP contribution in [0.4, 0.5) is 11.4 Å². The van der Waals surface area contributed by atoms with Gasteiger partial charge in [-0.15, -0.1) is 0 Å². The van der Waals surface area contributed by atoms with Crippen molar-refractivity contribution < 1.29 is 4.79 Å². The van der Waals surface area contributed by atoms with Gasteiger partial charge in [0.05, 0.1) is 17.1 Å². The number of amides is 1. The lowest BCUT2D eigenvalue weighted by molar-refractivity contribution is 0.102. The molecule has 0 bridgehead atoms. The minimum Gasteiger partial charge on any atom is -0.369 e. The summed E-state index contributed by atoms with van der Waals surface area (Å²) in [6.07, 6.45) is 1.76. The fourth-order valence-electron chi connectivity index (χ4n) is 4.40. The molecule has 0 atom stereocenters. The molecule has 0 unspecified atom stereocenters. The van der Waals surface area contributed by atoms with Crippen molar-refractivity contribution in [2.45, 2.75) is 53.5 Å². The first kappa shape index (κ1) is 23.2. The summed E-state index contributed by atoms with van der Waals surface area (Å²) < 4.78 is 1.89. The number of nitrogens with one attached hydrogen (secondary N) is 1. The first-order valence-electron chi connectivity index (χ1n) is 12.1. The lowest BCUT2D eigenvalue weighted by Crippen LogP contribution is -2.46. The topological polar surface area (TPSA) is 66.3 Å². The Hall–Kier alpha value is -2.93. The zero-order valence-corrected chi connectivity index (χ0v) is 20.7. The van der Waals surface area contributed by atoms with Gasteiger partial charge >= 0.3 is 0 Å². The Kier molecular flexibility index (Phi) is 6.70. The second-order valence-corrected chi connectivity index (χ2v) is 9.54. The monoisotopic (exact) mass is 448 g/mol. The number of benzene rings is 1. The van der Waals surface area contributed by atoms with Crippen molar-refractivity contribution in [3.8, 4) is 0 Å². The molecule has 1 N–H and O–H groups in total. The van der Waals surface area contributed by atoms with Crippen LogP contribution in [0.3, 0.4) is 0 Å². The van der Waals surface area contributed by atoms with Crippen molar-refractivity contribution in [3.63, 3.8) is 0 Å². The van der Waals surface area contributed by atoms with E-state index in [1.165, 1.54) is 5.69 Å². The highest BCUT2D eigenvalue weighted by Crippen LogP contribution is 2.27. The van der Waals surface area contributed by atoms with Crippen LogP contribution in [0.5, 0.6) is 0 Å². The molecule has 176 valence electrons. The van der Waals surface area contributed by atoms with Crippen molar-refractivity contribution >= 4 is 28.3 Å². The molecule has 1 amide bonds. The van der Waals surface area contributed by atoms with Crippen LogP contribution in [0, 0.1) is 6.92 Å². The van der Waals surface area contributed by atoms with Gasteiger partial charge in [-0.25, -0.2) is 9.67 Å². The number of hydrogen-bond acceptors (Lipinski definition) is 5. The number of aryl methyl sites for hydroxylation is 1. The molecule has 7 heteroatoms. The number of nitrogens with zero attached hydrogens (tertiary/aromatic N) is 5. The molecule has 0 saturated carbocycles. The van der Waals surface area contributed by atoms with E-state index in [1.54, 1.807) is 6.20 Å². The van der Waals surface area contributed by atoms with Crippen molar-refractivity contribution in [1.82, 2.24) is 19.7 Å². The van der Waals surface area contributed by atoms with Crippen LogP contribution in [0.25, 0.3) is 11.0 Å². The van der Waals surface area contributed by atoms with Crippen molar-refractivity contribution in [2.75, 3.05) is 42.9 Å². The maximum Gasteiger partial charge on any atom is 0.256 e. The molecule has 0 aliphatic carbocycles. The number of carbonyl (C=O) groups excluding carboxylic acids is 1. The standard InChI is InChI=1S/C26H36N6O/c1-7-30-10-12-31(13-11-30)20-8-9-23(19(6)14-20)29-26(33)21-15-24(17(2)3)28-25-22(21)16-27-32(25)18(4)5/h8-9,14-18H,7,10-13H2,1-6H3,(H,29,33). The summed E-state index contributed by atoms with van der Waals surface area (Å²) in [6, 6.07) is 8.39. The van der Waals surface area contributed by atoms with E-state index in [4.69, 9.17) is 4.98 Å². The number of likely N-dealkylation sites (N-methyl/N-ethyl adjacent to an activating group) is 1. The summed E-state index contributed by atoms with van der Waals surface area (Å²) in [4.78, 5) is 23.1. The summed E-state index contributed by atoms with van der Waals surface area (Å²) in [7, 11) is 0. The van der Waals surface area contributed by atoms with Crippen LogP contribution in [-0.4, -0.2) is 58.3 Å². The molecule has 1 aromatic carbocycles. The third-order valence-electron chi connectivity index (χ3n) is 6.55. The highest BCUT2D eigenvalue weighted by molar-refractivity contribution is 6.12. The predicted octanol–water partition coefficient (Wildman–Crippen LogP) is 4.84. The van der Waals surface area contributed by atoms with Crippen LogP contribution in [0.1, 0.15) is 68.2 Å². The Morgan fingerprint density at radius 1 is 1.09 bits per heavy atom. The highest BCUT2D eigenvalue weighted by atomic mass is 16.1. The smallest absolute Gasteiger partial charge is 0.256 e. The molecule has 2 aromatic heterocycles. The molecular formula is C26H36N6O. The van der Waals surface area contributed by atoms with Crippen LogP contribution >= 0.6 is 0 Å². The quantitative estimate of drug-likeness (QED) is 0.585. The third-order valence-corrected chi connectivity index (χ3v) is 6.55. The molecule has 1 aliphatic heterocycles. The van der Waals surface area contributed by atoms with Gasteiger partial charge in [0.1, 0.15) is 0 Å². The van der Waals surface area contributed by atoms with Gasteiger partial charge in [-0.05, 0) is 63.1 Å². The molecule has 4 rings (SSSR count). The molecule has 3 heterocycles. The summed E-state index contributed by atoms with van der Waals surface area (Å²) in [5.74, 6) is 0.0886. The summed E-state index contributed by atoms with van der Waals surface area (Å²) >= 11 is 0. The number of pyridine rings is 1. The SMILES string of the molecule is CCN1CCN(c2ccc(NC(=O)c3cc(C(C)C)nc4c3cnn4C(C)C)c(C)c2)CC1. The van der Waals surface area contributed by atoms with Gasteiger partial charge in [-0.2, -0.15) is 5.10 Å². The van der Waals surface area contributed by atoms with E-state index in [2.05, 4.69) is 73.9 Å². The average molecular weight is 449 g/mol. The lowest BCUT2D eigenvalue weighted by Gasteiger charge is -2.35. The normalized spacial score (nSPS) is 15.1. The van der Waals surface area contributed by atoms with Gasteiger partial charge in [0.2, 0.25) is 0 Å². The predicted molar refractivity (Wildman–Crippen MR) is 135 cm³/mol. The maximum atomic E-state index is 13.4. The van der Waals surface area contributed by atoms with Gasteiger partial charge < -0.3 is 15.1 Å². The second kappa shape index (κ2) is 9.51. The Bertz CT molecular complexity index is 1140. The summed E-state index contributed by atoms with van der Waals surface area (Å²) in [6.45, 7) is 18.0. The Balaban J connectivity index is 1.59. The van der Waals surface area contributed by atoms with Crippen molar-refractivity contribution in [3.05, 3.63) is 47.3 Å². The second-order valence-electron chi connectivity index (χ2n) is 9.54. The van der Waals surface area contributed by atoms with Crippen molar-refractivity contribution in [1.29, 1.82) is 0 Å². The highest BCUT2D eigenvalue weighted by Gasteiger charge is 2.20. The van der Waals surface area contributed by atoms with E-state index in [1.807, 2.05) is 16.8 Å². The van der Waals surface area contributed by atoms with Gasteiger partial charge in [0.15, 0.2) is 5.65 Å². The fraction of sp³-hybridized carbons (Fsp3) is 0.500. The first-order valence-corrected chi connectivity index (χ1v) is 12.1. The summed E-state index contributed by atoms with van der Waals surface area (Å²) in [5, 5.41) is 8.43. The third kappa shape index (κ3) is 4.74. The number of hydrogen-bond donors (Lipinski definition) is 1. The number of anilines is 2. The molecule has 1 fully saturated rings. The van der Waals surface area contributed by atoms with Crippen LogP contribution < -0.4 is 10.2 Å². The number of aromatic nitrogens is 3. The van der Waals surface area contributed by atoms with Crippen LogP contribution in [-0.2, 0) is 0 Å². The number of piperazine rings is 1. The minimum absolute atomic E-state index is 0.125. The zero-order chi connectivity index (χ0) is 23.7. The molecule has 0 radical (unpaired) electrons. The molecular weight excluding hydrogens is 412 g/mol. The maximum absolute atomic E-state index is 13.4. The largest absolute Gasteiger partial charge is 0.369 e. The van der Waals surface area contributed by atoms with Gasteiger partial charge in [0, 0.05) is 49.3 Å². The van der Waals surface area contributed by atoms with E-state index in [-0.39, 0.29) is 17.9 Å². The average Bonchev–Trinajstić information content (AvgIpc) is 3.24. The lowest BCUT2D eigenvalue weighted by atomic mass is 10.0. The molecule has 3 aromatic rings. The zero-order valence-electron chi connectivity index (χ0n) is 20.7. The van der Waals surface area contributed by atoms with Gasteiger partial charge in [-0.3, -0.25) is 4.79 Å². The van der Waals surface area contributed by atoms with Gasteiger partial charge in [0.25, 0.3) is 5.91 Å². The minimum atomic E-state index is -0.125. The summed E-state index contributed by atoms with van der Waals surface area (Å²) in [5.41, 5.74) is 5.39. The first-order chi connectivity index (χ1) is 15.8. The van der Waals surface area contributed by atoms with Crippen molar-refractivity contribution in [2.24, 2.45) is 0 Å². The Labute approximate surface area is 196 Å². The number of rotatable bonds is 6. The number of carbonyl (C=O) groups is 1. The van der Waals surface area contributed by atoms with Crippen LogP contribution in [0.15, 0.2) is 30.5 Å². The molecule has 1 saturated heterocycles. The Morgan fingerprint density at radius 2 is 1.82 bits per heavy atom. The van der Waals surface area contributed by atoms with Gasteiger partial charge in [-0.1, -0.05) is 20.8 Å². The van der Waals surface area contributed by atoms with E-state index in [0.717, 1.165) is 60.7 Å². The van der Waals surface area contributed by atoms with Crippen LogP contribution in [0.2, 0.25) is 0 Å². The Morgan fingerprint density at radius 3 is 2.42 bits per heavy atom. The molecule has 7 nitrogen and oxygen atoms in total.